The van der Waals surface area contributed by atoms with Gasteiger partial charge >= 0.3 is 0 Å². The molecule has 1 aromatic rings. The van der Waals surface area contributed by atoms with Gasteiger partial charge in [0.15, 0.2) is 0 Å². The molecule has 7 heteroatoms. The van der Waals surface area contributed by atoms with Gasteiger partial charge in [0.1, 0.15) is 5.69 Å². The molecular formula is C8H7N3O4. The fourth-order valence-electron chi connectivity index (χ4n) is 1.02. The van der Waals surface area contributed by atoms with Crippen molar-refractivity contribution in [2.45, 2.75) is 0 Å². The highest BCUT2D eigenvalue weighted by molar-refractivity contribution is 5.66. The molecule has 0 fully saturated rings. The predicted molar refractivity (Wildman–Crippen MR) is 53.6 cm³/mol. The summed E-state index contributed by atoms with van der Waals surface area (Å²) >= 11 is 0. The third kappa shape index (κ3) is 2.27. The fraction of sp³-hybridized carbons (Fsp3) is 0. The number of nitro benzene ring substituents is 2. The summed E-state index contributed by atoms with van der Waals surface area (Å²) < 4.78 is 0. The van der Waals surface area contributed by atoms with Crippen LogP contribution in [0.5, 0.6) is 0 Å². The smallest absolute Gasteiger partial charge is 0.299 e. The molecule has 1 rings (SSSR count). The van der Waals surface area contributed by atoms with Crippen molar-refractivity contribution in [1.29, 1.82) is 0 Å². The summed E-state index contributed by atoms with van der Waals surface area (Å²) in [6.07, 6.45) is 1.26. The van der Waals surface area contributed by atoms with Gasteiger partial charge in [0, 0.05) is 6.07 Å². The lowest BCUT2D eigenvalue weighted by Crippen LogP contribution is -1.97. The van der Waals surface area contributed by atoms with Crippen LogP contribution in [0.2, 0.25) is 0 Å². The molecule has 0 spiro atoms. The molecule has 78 valence electrons. The standard InChI is InChI=1S/C8H7N3O4/c1-2-9-7-4-3-6(10(12)13)5-8(7)11(14)15/h2-5,9H,1H2. The van der Waals surface area contributed by atoms with Crippen molar-refractivity contribution in [2.24, 2.45) is 0 Å². The first-order valence-corrected chi connectivity index (χ1v) is 3.86. The molecule has 0 unspecified atom stereocenters. The monoisotopic (exact) mass is 209 g/mol. The largest absolute Gasteiger partial charge is 0.357 e. The van der Waals surface area contributed by atoms with Crippen LogP contribution >= 0.6 is 0 Å². The minimum atomic E-state index is -0.696. The molecule has 1 aromatic carbocycles. The van der Waals surface area contributed by atoms with Gasteiger partial charge < -0.3 is 5.32 Å². The molecule has 7 nitrogen and oxygen atoms in total. The van der Waals surface area contributed by atoms with Crippen LogP contribution in [0.1, 0.15) is 0 Å². The Morgan fingerprint density at radius 3 is 2.40 bits per heavy atom. The number of nitro groups is 2. The Morgan fingerprint density at radius 2 is 1.93 bits per heavy atom. The summed E-state index contributed by atoms with van der Waals surface area (Å²) in [5, 5.41) is 23.5. The van der Waals surface area contributed by atoms with Crippen molar-refractivity contribution >= 4 is 17.1 Å². The van der Waals surface area contributed by atoms with Gasteiger partial charge in [-0.25, -0.2) is 0 Å². The first-order chi connectivity index (χ1) is 7.06. The topological polar surface area (TPSA) is 98.3 Å². The molecule has 0 radical (unpaired) electrons. The number of rotatable bonds is 4. The second-order valence-electron chi connectivity index (χ2n) is 2.56. The van der Waals surface area contributed by atoms with Gasteiger partial charge in [-0.15, -0.1) is 0 Å². The van der Waals surface area contributed by atoms with E-state index in [1.165, 1.54) is 18.3 Å². The van der Waals surface area contributed by atoms with Crippen LogP contribution in [0, 0.1) is 20.2 Å². The quantitative estimate of drug-likeness (QED) is 0.604. The van der Waals surface area contributed by atoms with Crippen molar-refractivity contribution in [1.82, 2.24) is 0 Å². The molecule has 0 amide bonds. The van der Waals surface area contributed by atoms with E-state index in [4.69, 9.17) is 0 Å². The summed E-state index contributed by atoms with van der Waals surface area (Å²) in [7, 11) is 0. The van der Waals surface area contributed by atoms with Crippen molar-refractivity contribution < 1.29 is 9.85 Å². The van der Waals surface area contributed by atoms with Crippen molar-refractivity contribution in [3.8, 4) is 0 Å². The predicted octanol–water partition coefficient (Wildman–Crippen LogP) is 2.06. The summed E-state index contributed by atoms with van der Waals surface area (Å²) in [6.45, 7) is 3.35. The molecule has 0 saturated heterocycles. The molecule has 0 aliphatic rings. The summed E-state index contributed by atoms with van der Waals surface area (Å²) in [6, 6.07) is 3.34. The maximum absolute atomic E-state index is 10.6. The minimum absolute atomic E-state index is 0.167. The Kier molecular flexibility index (Phi) is 2.97. The maximum Gasteiger partial charge on any atom is 0.299 e. The van der Waals surface area contributed by atoms with Crippen molar-refractivity contribution in [3.63, 3.8) is 0 Å². The molecule has 0 aliphatic carbocycles. The number of benzene rings is 1. The van der Waals surface area contributed by atoms with E-state index in [0.717, 1.165) is 6.07 Å². The molecule has 0 heterocycles. The van der Waals surface area contributed by atoms with Gasteiger partial charge in [0.2, 0.25) is 0 Å². The average Bonchev–Trinajstić information content (AvgIpc) is 2.18. The lowest BCUT2D eigenvalue weighted by Gasteiger charge is -2.01. The van der Waals surface area contributed by atoms with Crippen LogP contribution in [-0.4, -0.2) is 9.85 Å². The Labute approximate surface area is 84.3 Å². The van der Waals surface area contributed by atoms with E-state index in [9.17, 15) is 20.2 Å². The third-order valence-electron chi connectivity index (χ3n) is 1.65. The van der Waals surface area contributed by atoms with Gasteiger partial charge in [-0.05, 0) is 12.3 Å². The lowest BCUT2D eigenvalue weighted by atomic mass is 10.2. The molecule has 0 aromatic heterocycles. The van der Waals surface area contributed by atoms with Crippen LogP contribution < -0.4 is 5.32 Å². The molecule has 15 heavy (non-hydrogen) atoms. The van der Waals surface area contributed by atoms with Crippen LogP contribution in [0.3, 0.4) is 0 Å². The zero-order chi connectivity index (χ0) is 11.4. The van der Waals surface area contributed by atoms with Crippen LogP contribution in [-0.2, 0) is 0 Å². The molecule has 1 N–H and O–H groups in total. The van der Waals surface area contributed by atoms with E-state index < -0.39 is 9.85 Å². The Balaban J connectivity index is 3.26. The fourth-order valence-corrected chi connectivity index (χ4v) is 1.02. The second kappa shape index (κ2) is 4.18. The summed E-state index contributed by atoms with van der Waals surface area (Å²) in [4.78, 5) is 19.6. The van der Waals surface area contributed by atoms with E-state index in [-0.39, 0.29) is 17.1 Å². The van der Waals surface area contributed by atoms with Gasteiger partial charge in [0.05, 0.1) is 15.9 Å². The third-order valence-corrected chi connectivity index (χ3v) is 1.65. The molecular weight excluding hydrogens is 202 g/mol. The Morgan fingerprint density at radius 1 is 1.27 bits per heavy atom. The first-order valence-electron chi connectivity index (χ1n) is 3.86. The van der Waals surface area contributed by atoms with Crippen molar-refractivity contribution in [3.05, 3.63) is 51.2 Å². The summed E-state index contributed by atoms with van der Waals surface area (Å²) in [5.41, 5.74) is -0.513. The normalized spacial score (nSPS) is 9.33. The first kappa shape index (κ1) is 10.6. The number of non-ortho nitro benzene ring substituents is 1. The van der Waals surface area contributed by atoms with E-state index in [1.54, 1.807) is 0 Å². The SMILES string of the molecule is C=CNc1ccc([N+](=O)[O-])cc1[N+](=O)[O-]. The Bertz CT molecular complexity index is 430. The number of anilines is 1. The number of nitrogens with zero attached hydrogens (tertiary/aromatic N) is 2. The zero-order valence-corrected chi connectivity index (χ0v) is 7.54. The number of hydrogen-bond acceptors (Lipinski definition) is 5. The molecule has 0 saturated carbocycles. The highest BCUT2D eigenvalue weighted by Gasteiger charge is 2.18. The highest BCUT2D eigenvalue weighted by Crippen LogP contribution is 2.28. The van der Waals surface area contributed by atoms with Crippen LogP contribution in [0.25, 0.3) is 0 Å². The second-order valence-corrected chi connectivity index (χ2v) is 2.56. The average molecular weight is 209 g/mol. The maximum atomic E-state index is 10.6. The van der Waals surface area contributed by atoms with Gasteiger partial charge in [-0.1, -0.05) is 6.58 Å². The minimum Gasteiger partial charge on any atom is -0.357 e. The molecule has 0 atom stereocenters. The van der Waals surface area contributed by atoms with Crippen LogP contribution in [0.15, 0.2) is 31.0 Å². The number of nitrogens with one attached hydrogen (secondary N) is 1. The van der Waals surface area contributed by atoms with Gasteiger partial charge in [-0.3, -0.25) is 20.2 Å². The summed E-state index contributed by atoms with van der Waals surface area (Å²) in [5.74, 6) is 0. The highest BCUT2D eigenvalue weighted by atomic mass is 16.6. The Hall–Kier alpha value is -2.44. The van der Waals surface area contributed by atoms with E-state index in [0.29, 0.717) is 0 Å². The van der Waals surface area contributed by atoms with Crippen molar-refractivity contribution in [2.75, 3.05) is 5.32 Å². The van der Waals surface area contributed by atoms with Crippen LogP contribution in [0.4, 0.5) is 17.1 Å². The van der Waals surface area contributed by atoms with E-state index >= 15 is 0 Å². The lowest BCUT2D eigenvalue weighted by molar-refractivity contribution is -0.393. The number of hydrogen-bond donors (Lipinski definition) is 1. The van der Waals surface area contributed by atoms with Gasteiger partial charge in [-0.2, -0.15) is 0 Å². The molecule has 0 aliphatic heterocycles. The molecule has 0 bridgehead atoms. The van der Waals surface area contributed by atoms with E-state index in [1.807, 2.05) is 0 Å². The van der Waals surface area contributed by atoms with Gasteiger partial charge in [0.25, 0.3) is 11.4 Å². The zero-order valence-electron chi connectivity index (χ0n) is 7.54. The van der Waals surface area contributed by atoms with E-state index in [2.05, 4.69) is 11.9 Å².